The number of phosphoric ester groups is 2. The Kier molecular flexibility index (Phi) is 54.8. The summed E-state index contributed by atoms with van der Waals surface area (Å²) >= 11 is 0. The highest BCUT2D eigenvalue weighted by atomic mass is 31.2. The van der Waals surface area contributed by atoms with Gasteiger partial charge < -0.3 is 33.8 Å². The molecular weight excluding hydrogens is 1130 g/mol. The molecule has 0 aliphatic heterocycles. The number of aliphatic hydroxyl groups excluding tert-OH is 1. The van der Waals surface area contributed by atoms with Crippen molar-refractivity contribution in [1.82, 2.24) is 0 Å². The second-order valence-corrected chi connectivity index (χ2v) is 28.4. The lowest BCUT2D eigenvalue weighted by atomic mass is 9.99. The fraction of sp³-hybridized carbons (Fsp3) is 0.939. The number of carbonyl (C=O) groups excluding carboxylic acids is 4. The molecule has 0 radical (unpaired) electrons. The first kappa shape index (κ1) is 83.1. The Morgan fingerprint density at radius 3 is 0.835 bits per heavy atom. The van der Waals surface area contributed by atoms with Crippen LogP contribution in [0.2, 0.25) is 0 Å². The second-order valence-electron chi connectivity index (χ2n) is 25.5. The van der Waals surface area contributed by atoms with Crippen molar-refractivity contribution in [1.29, 1.82) is 0 Å². The van der Waals surface area contributed by atoms with Gasteiger partial charge in [0.15, 0.2) is 12.2 Å². The molecule has 0 fully saturated rings. The summed E-state index contributed by atoms with van der Waals surface area (Å²) in [4.78, 5) is 72.3. The molecule has 0 aliphatic rings. The molecule has 0 aromatic heterocycles. The zero-order chi connectivity index (χ0) is 63.2. The van der Waals surface area contributed by atoms with E-state index in [9.17, 15) is 43.2 Å². The maximum absolute atomic E-state index is 13.0. The van der Waals surface area contributed by atoms with Crippen molar-refractivity contribution in [3.63, 3.8) is 0 Å². The number of hydrogen-bond donors (Lipinski definition) is 3. The molecule has 504 valence electrons. The molecular formula is C66H128O17P2. The number of unbranched alkanes of at least 4 members (excludes halogenated alkanes) is 28. The molecule has 19 heteroatoms. The van der Waals surface area contributed by atoms with Gasteiger partial charge in [0.25, 0.3) is 0 Å². The minimum atomic E-state index is -4.95. The van der Waals surface area contributed by atoms with Crippen LogP contribution < -0.4 is 0 Å². The lowest BCUT2D eigenvalue weighted by Gasteiger charge is -2.21. The summed E-state index contributed by atoms with van der Waals surface area (Å²) in [6.45, 7) is 14.0. The largest absolute Gasteiger partial charge is 0.472 e. The Morgan fingerprint density at radius 1 is 0.329 bits per heavy atom. The van der Waals surface area contributed by atoms with Crippen molar-refractivity contribution in [3.8, 4) is 0 Å². The van der Waals surface area contributed by atoms with E-state index in [0.717, 1.165) is 114 Å². The van der Waals surface area contributed by atoms with Crippen LogP contribution in [0.1, 0.15) is 319 Å². The van der Waals surface area contributed by atoms with Crippen molar-refractivity contribution in [3.05, 3.63) is 0 Å². The van der Waals surface area contributed by atoms with E-state index in [0.29, 0.717) is 25.7 Å². The quantitative estimate of drug-likeness (QED) is 0.0222. The first-order chi connectivity index (χ1) is 40.6. The normalized spacial score (nSPS) is 14.7. The molecule has 85 heavy (non-hydrogen) atoms. The smallest absolute Gasteiger partial charge is 0.462 e. The molecule has 0 rings (SSSR count). The van der Waals surface area contributed by atoms with Crippen LogP contribution in [0.25, 0.3) is 0 Å². The van der Waals surface area contributed by atoms with Gasteiger partial charge in [-0.05, 0) is 49.4 Å². The van der Waals surface area contributed by atoms with E-state index in [1.165, 1.54) is 122 Å². The van der Waals surface area contributed by atoms with Gasteiger partial charge >= 0.3 is 39.5 Å². The minimum Gasteiger partial charge on any atom is -0.462 e. The monoisotopic (exact) mass is 1250 g/mol. The van der Waals surface area contributed by atoms with Gasteiger partial charge in [-0.25, -0.2) is 9.13 Å². The zero-order valence-electron chi connectivity index (χ0n) is 55.2. The minimum absolute atomic E-state index is 0.103. The molecule has 0 heterocycles. The molecule has 6 atom stereocenters. The number of aliphatic hydroxyl groups is 1. The van der Waals surface area contributed by atoms with Gasteiger partial charge in [-0.15, -0.1) is 0 Å². The van der Waals surface area contributed by atoms with Gasteiger partial charge in [-0.2, -0.15) is 0 Å². The average molecular weight is 1260 g/mol. The van der Waals surface area contributed by atoms with Crippen LogP contribution in [0.4, 0.5) is 0 Å². The molecule has 0 aromatic carbocycles. The van der Waals surface area contributed by atoms with Crippen molar-refractivity contribution in [2.75, 3.05) is 39.6 Å². The highest BCUT2D eigenvalue weighted by Crippen LogP contribution is 2.45. The van der Waals surface area contributed by atoms with Crippen LogP contribution in [0.15, 0.2) is 0 Å². The number of carbonyl (C=O) groups is 4. The highest BCUT2D eigenvalue weighted by molar-refractivity contribution is 7.47. The lowest BCUT2D eigenvalue weighted by molar-refractivity contribution is -0.161. The molecule has 3 N–H and O–H groups in total. The Labute approximate surface area is 517 Å². The summed E-state index contributed by atoms with van der Waals surface area (Å²) in [5.41, 5.74) is 0. The predicted molar refractivity (Wildman–Crippen MR) is 340 cm³/mol. The standard InChI is InChI=1S/C66H128O17P2/c1-9-59(8)45-37-29-21-13-17-23-31-39-47-64(69)77-53-62(83-66(71)49-41-33-25-16-12-20-28-36-44-58(6)7)55-81-85(74,75)79-51-60(67)50-78-84(72,73)80-54-61(82-65(70)48-40-32-24-15-11-19-27-35-43-57(4)5)52-76-63(68)46-38-30-22-14-10-18-26-34-42-56(2)3/h56-62,67H,9-55H2,1-8H3,(H,72,73)(H,74,75)/t59?,60?,61-,62-/m1/s1. The molecule has 0 saturated carbocycles. The first-order valence-corrected chi connectivity index (χ1v) is 37.2. The summed E-state index contributed by atoms with van der Waals surface area (Å²) in [6.07, 6.45) is 36.2. The van der Waals surface area contributed by atoms with Gasteiger partial charge in [-0.3, -0.25) is 37.3 Å². The maximum atomic E-state index is 13.0. The first-order valence-electron chi connectivity index (χ1n) is 34.2. The van der Waals surface area contributed by atoms with E-state index < -0.39 is 97.5 Å². The second kappa shape index (κ2) is 56.1. The molecule has 0 amide bonds. The molecule has 0 bridgehead atoms. The summed E-state index contributed by atoms with van der Waals surface area (Å²) in [5, 5.41) is 10.6. The summed E-state index contributed by atoms with van der Waals surface area (Å²) in [5.74, 6) is 0.802. The maximum Gasteiger partial charge on any atom is 0.472 e. The molecule has 0 saturated heterocycles. The Bertz CT molecular complexity index is 1700. The zero-order valence-corrected chi connectivity index (χ0v) is 57.0. The fourth-order valence-corrected chi connectivity index (χ4v) is 11.3. The van der Waals surface area contributed by atoms with Crippen molar-refractivity contribution < 1.29 is 80.2 Å². The van der Waals surface area contributed by atoms with Crippen LogP contribution >= 0.6 is 15.6 Å². The van der Waals surface area contributed by atoms with Crippen LogP contribution in [-0.2, 0) is 65.4 Å². The third-order valence-corrected chi connectivity index (χ3v) is 17.3. The van der Waals surface area contributed by atoms with Crippen LogP contribution in [0, 0.1) is 23.7 Å². The third kappa shape index (κ3) is 59.5. The van der Waals surface area contributed by atoms with Crippen molar-refractivity contribution in [2.24, 2.45) is 23.7 Å². The van der Waals surface area contributed by atoms with E-state index in [2.05, 4.69) is 55.4 Å². The number of phosphoric acid groups is 2. The lowest BCUT2D eigenvalue weighted by Crippen LogP contribution is -2.30. The summed E-state index contributed by atoms with van der Waals surface area (Å²) < 4.78 is 68.1. The summed E-state index contributed by atoms with van der Waals surface area (Å²) in [7, 11) is -9.89. The number of ether oxygens (including phenoxy) is 4. The van der Waals surface area contributed by atoms with E-state index in [-0.39, 0.29) is 25.7 Å². The molecule has 17 nitrogen and oxygen atoms in total. The third-order valence-electron chi connectivity index (χ3n) is 15.4. The van der Waals surface area contributed by atoms with Crippen molar-refractivity contribution >= 4 is 39.5 Å². The van der Waals surface area contributed by atoms with Gasteiger partial charge in [-0.1, -0.05) is 267 Å². The predicted octanol–water partition coefficient (Wildman–Crippen LogP) is 18.1. The van der Waals surface area contributed by atoms with Crippen molar-refractivity contribution in [2.45, 2.75) is 337 Å². The highest BCUT2D eigenvalue weighted by Gasteiger charge is 2.30. The topological polar surface area (TPSA) is 237 Å². The Balaban J connectivity index is 5.26. The van der Waals surface area contributed by atoms with E-state index in [4.69, 9.17) is 37.0 Å². The van der Waals surface area contributed by atoms with E-state index in [1.54, 1.807) is 0 Å². The molecule has 0 spiro atoms. The number of esters is 4. The Morgan fingerprint density at radius 2 is 0.565 bits per heavy atom. The van der Waals surface area contributed by atoms with Crippen LogP contribution in [0.3, 0.4) is 0 Å². The molecule has 4 unspecified atom stereocenters. The van der Waals surface area contributed by atoms with Crippen LogP contribution in [-0.4, -0.2) is 96.7 Å². The van der Waals surface area contributed by atoms with Gasteiger partial charge in [0, 0.05) is 25.7 Å². The Hall–Kier alpha value is -1.94. The summed E-state index contributed by atoms with van der Waals surface area (Å²) in [6, 6.07) is 0. The van der Waals surface area contributed by atoms with Gasteiger partial charge in [0.05, 0.1) is 26.4 Å². The van der Waals surface area contributed by atoms with Gasteiger partial charge in [0.1, 0.15) is 19.3 Å². The average Bonchev–Trinajstić information content (AvgIpc) is 3.54. The fourth-order valence-electron chi connectivity index (χ4n) is 9.75. The number of rotatable bonds is 63. The van der Waals surface area contributed by atoms with E-state index in [1.807, 2.05) is 0 Å². The van der Waals surface area contributed by atoms with E-state index >= 15 is 0 Å². The number of hydrogen-bond acceptors (Lipinski definition) is 15. The molecule has 0 aromatic rings. The van der Waals surface area contributed by atoms with Crippen LogP contribution in [0.5, 0.6) is 0 Å². The SMILES string of the molecule is CCC(C)CCCCCCCCCCC(=O)OC[C@H](COP(=O)(O)OCC(O)COP(=O)(O)OC[C@@H](COC(=O)CCCCCCCCCCC(C)C)OC(=O)CCCCCCCCCCC(C)C)OC(=O)CCCCCCCCCCC(C)C. The van der Waals surface area contributed by atoms with Gasteiger partial charge in [0.2, 0.25) is 0 Å². The molecule has 0 aliphatic carbocycles.